The van der Waals surface area contributed by atoms with E-state index in [1.165, 1.54) is 0 Å². The maximum absolute atomic E-state index is 12.0. The lowest BCUT2D eigenvalue weighted by molar-refractivity contribution is -0.133. The minimum absolute atomic E-state index is 0.405. The van der Waals surface area contributed by atoms with Crippen molar-refractivity contribution < 1.29 is 9.59 Å². The zero-order chi connectivity index (χ0) is 16.3. The molecule has 0 spiro atoms. The Morgan fingerprint density at radius 3 is 2.18 bits per heavy atom. The molecule has 0 saturated carbocycles. The Hall–Kier alpha value is -1.85. The molecule has 2 aromatic carbocycles. The second-order valence-electron chi connectivity index (χ2n) is 4.85. The first kappa shape index (κ1) is 16.5. The number of hydrogen-bond acceptors (Lipinski definition) is 2. The highest BCUT2D eigenvalue weighted by Crippen LogP contribution is 2.27. The van der Waals surface area contributed by atoms with Crippen LogP contribution in [0.4, 0.5) is 11.4 Å². The summed E-state index contributed by atoms with van der Waals surface area (Å²) in [5.74, 6) is -1.52. The van der Waals surface area contributed by atoms with Crippen molar-refractivity contribution in [2.45, 2.75) is 13.8 Å². The fourth-order valence-corrected chi connectivity index (χ4v) is 2.60. The predicted octanol–water partition coefficient (Wildman–Crippen LogP) is 4.30. The van der Waals surface area contributed by atoms with Gasteiger partial charge in [-0.1, -0.05) is 33.6 Å². The van der Waals surface area contributed by atoms with Crippen molar-refractivity contribution in [3.05, 3.63) is 57.0 Å². The highest BCUT2D eigenvalue weighted by atomic mass is 79.9. The third kappa shape index (κ3) is 4.08. The van der Waals surface area contributed by atoms with Gasteiger partial charge in [-0.05, 0) is 55.3 Å². The van der Waals surface area contributed by atoms with E-state index >= 15 is 0 Å². The summed E-state index contributed by atoms with van der Waals surface area (Å²) in [6, 6.07) is 10.5. The minimum atomic E-state index is -0.767. The molecule has 0 fully saturated rings. The second-order valence-corrected chi connectivity index (χ2v) is 6.18. The van der Waals surface area contributed by atoms with Crippen LogP contribution in [0.1, 0.15) is 11.1 Å². The fourth-order valence-electron chi connectivity index (χ4n) is 1.97. The summed E-state index contributed by atoms with van der Waals surface area (Å²) in [7, 11) is 0. The second kappa shape index (κ2) is 6.94. The molecule has 0 heterocycles. The molecule has 4 nitrogen and oxygen atoms in total. The molecule has 0 atom stereocenters. The van der Waals surface area contributed by atoms with E-state index in [-0.39, 0.29) is 0 Å². The summed E-state index contributed by atoms with van der Waals surface area (Å²) in [6.07, 6.45) is 0. The Labute approximate surface area is 142 Å². The van der Waals surface area contributed by atoms with Gasteiger partial charge in [0.15, 0.2) is 0 Å². The molecule has 2 aromatic rings. The summed E-state index contributed by atoms with van der Waals surface area (Å²) in [5, 5.41) is 5.47. The maximum Gasteiger partial charge on any atom is 0.314 e. The number of halogens is 2. The molecule has 2 rings (SSSR count). The van der Waals surface area contributed by atoms with Gasteiger partial charge in [0.2, 0.25) is 0 Å². The van der Waals surface area contributed by atoms with Crippen molar-refractivity contribution in [1.82, 2.24) is 0 Å². The summed E-state index contributed by atoms with van der Waals surface area (Å²) >= 11 is 9.41. The summed E-state index contributed by atoms with van der Waals surface area (Å²) < 4.78 is 0.886. The van der Waals surface area contributed by atoms with Crippen LogP contribution >= 0.6 is 27.5 Å². The smallest absolute Gasteiger partial charge is 0.314 e. The minimum Gasteiger partial charge on any atom is -0.318 e. The van der Waals surface area contributed by atoms with Crippen LogP contribution in [0.5, 0.6) is 0 Å². The molecule has 0 bridgehead atoms. The Bertz CT molecular complexity index is 706. The molecule has 0 unspecified atom stereocenters. The molecular formula is C16H14BrClN2O2. The Morgan fingerprint density at radius 2 is 1.59 bits per heavy atom. The Balaban J connectivity index is 2.09. The molecule has 6 heteroatoms. The van der Waals surface area contributed by atoms with E-state index in [0.29, 0.717) is 16.4 Å². The molecule has 22 heavy (non-hydrogen) atoms. The summed E-state index contributed by atoms with van der Waals surface area (Å²) in [5.41, 5.74) is 2.77. The number of anilines is 2. The van der Waals surface area contributed by atoms with Crippen LogP contribution in [0, 0.1) is 13.8 Å². The number of amides is 2. The van der Waals surface area contributed by atoms with Gasteiger partial charge in [0.05, 0.1) is 10.7 Å². The third-order valence-electron chi connectivity index (χ3n) is 2.98. The summed E-state index contributed by atoms with van der Waals surface area (Å²) in [4.78, 5) is 23.9. The molecule has 0 saturated heterocycles. The standard InChI is InChI=1S/C16H14BrClN2O2/c1-9-7-10(2)14(13(18)8-9)20-16(22)15(21)19-12-5-3-11(17)4-6-12/h3-8H,1-2H3,(H,19,21)(H,20,22). The Kier molecular flexibility index (Phi) is 5.21. The van der Waals surface area contributed by atoms with E-state index in [0.717, 1.165) is 15.6 Å². The first-order valence-corrected chi connectivity index (χ1v) is 7.68. The van der Waals surface area contributed by atoms with Crippen LogP contribution in [0.2, 0.25) is 5.02 Å². The largest absolute Gasteiger partial charge is 0.318 e. The lowest BCUT2D eigenvalue weighted by atomic mass is 10.1. The highest BCUT2D eigenvalue weighted by molar-refractivity contribution is 9.10. The molecule has 0 aliphatic heterocycles. The highest BCUT2D eigenvalue weighted by Gasteiger charge is 2.16. The van der Waals surface area contributed by atoms with Gasteiger partial charge in [-0.25, -0.2) is 0 Å². The van der Waals surface area contributed by atoms with Gasteiger partial charge in [-0.3, -0.25) is 9.59 Å². The van der Waals surface area contributed by atoms with Gasteiger partial charge in [-0.2, -0.15) is 0 Å². The molecular weight excluding hydrogens is 368 g/mol. The van der Waals surface area contributed by atoms with E-state index in [9.17, 15) is 9.59 Å². The van der Waals surface area contributed by atoms with Crippen LogP contribution in [0.15, 0.2) is 40.9 Å². The molecule has 114 valence electrons. The van der Waals surface area contributed by atoms with Crippen LogP contribution in [0.3, 0.4) is 0 Å². The van der Waals surface area contributed by atoms with Crippen molar-refractivity contribution in [2.24, 2.45) is 0 Å². The van der Waals surface area contributed by atoms with Crippen molar-refractivity contribution >= 4 is 50.7 Å². The van der Waals surface area contributed by atoms with Crippen LogP contribution < -0.4 is 10.6 Å². The number of benzene rings is 2. The van der Waals surface area contributed by atoms with Crippen LogP contribution in [0.25, 0.3) is 0 Å². The van der Waals surface area contributed by atoms with Gasteiger partial charge >= 0.3 is 11.8 Å². The van der Waals surface area contributed by atoms with E-state index < -0.39 is 11.8 Å². The number of hydrogen-bond donors (Lipinski definition) is 2. The first-order chi connectivity index (χ1) is 10.4. The fraction of sp³-hybridized carbons (Fsp3) is 0.125. The number of carbonyl (C=O) groups excluding carboxylic acids is 2. The SMILES string of the molecule is Cc1cc(C)c(NC(=O)C(=O)Nc2ccc(Br)cc2)c(Cl)c1. The zero-order valence-corrected chi connectivity index (χ0v) is 14.4. The predicted molar refractivity (Wildman–Crippen MR) is 92.3 cm³/mol. The number of rotatable bonds is 2. The van der Waals surface area contributed by atoms with Gasteiger partial charge in [-0.15, -0.1) is 0 Å². The van der Waals surface area contributed by atoms with Crippen LogP contribution in [-0.2, 0) is 9.59 Å². The van der Waals surface area contributed by atoms with Gasteiger partial charge < -0.3 is 10.6 Å². The molecule has 0 aromatic heterocycles. The first-order valence-electron chi connectivity index (χ1n) is 6.51. The van der Waals surface area contributed by atoms with Gasteiger partial charge in [0, 0.05) is 10.2 Å². The molecule has 0 radical (unpaired) electrons. The monoisotopic (exact) mass is 380 g/mol. The molecule has 0 aliphatic carbocycles. The lowest BCUT2D eigenvalue weighted by Gasteiger charge is -2.11. The van der Waals surface area contributed by atoms with Crippen molar-refractivity contribution in [2.75, 3.05) is 10.6 Å². The molecule has 0 aliphatic rings. The number of carbonyl (C=O) groups is 2. The molecule has 2 amide bonds. The van der Waals surface area contributed by atoms with Gasteiger partial charge in [0.25, 0.3) is 0 Å². The quantitative estimate of drug-likeness (QED) is 0.762. The third-order valence-corrected chi connectivity index (χ3v) is 3.81. The zero-order valence-electron chi connectivity index (χ0n) is 12.0. The maximum atomic E-state index is 12.0. The summed E-state index contributed by atoms with van der Waals surface area (Å²) in [6.45, 7) is 3.73. The molecule has 2 N–H and O–H groups in total. The Morgan fingerprint density at radius 1 is 1.00 bits per heavy atom. The van der Waals surface area contributed by atoms with E-state index in [1.807, 2.05) is 19.9 Å². The lowest BCUT2D eigenvalue weighted by Crippen LogP contribution is -2.29. The number of aryl methyl sites for hydroxylation is 2. The van der Waals surface area contributed by atoms with Gasteiger partial charge in [0.1, 0.15) is 0 Å². The van der Waals surface area contributed by atoms with Crippen LogP contribution in [-0.4, -0.2) is 11.8 Å². The van der Waals surface area contributed by atoms with Crippen molar-refractivity contribution in [3.63, 3.8) is 0 Å². The normalized spacial score (nSPS) is 10.2. The number of nitrogens with one attached hydrogen (secondary N) is 2. The average Bonchev–Trinajstić information content (AvgIpc) is 2.45. The van der Waals surface area contributed by atoms with E-state index in [4.69, 9.17) is 11.6 Å². The van der Waals surface area contributed by atoms with E-state index in [1.54, 1.807) is 30.3 Å². The average molecular weight is 382 g/mol. The van der Waals surface area contributed by atoms with Crippen molar-refractivity contribution in [3.8, 4) is 0 Å². The topological polar surface area (TPSA) is 58.2 Å². The van der Waals surface area contributed by atoms with Crippen molar-refractivity contribution in [1.29, 1.82) is 0 Å². The van der Waals surface area contributed by atoms with E-state index in [2.05, 4.69) is 26.6 Å².